The summed E-state index contributed by atoms with van der Waals surface area (Å²) in [7, 11) is 2.72. The van der Waals surface area contributed by atoms with Crippen LogP contribution < -0.4 is 21.2 Å². The molecule has 68 heavy (non-hydrogen) atoms. The maximum atomic E-state index is 13.9. The molecule has 1 amide bonds. The molecule has 15 nitrogen and oxygen atoms in total. The molecule has 3 aliphatic carbocycles. The second-order valence-corrected chi connectivity index (χ2v) is 19.8. The Bertz CT molecular complexity index is 2890. The van der Waals surface area contributed by atoms with Gasteiger partial charge in [-0.2, -0.15) is 0 Å². The first-order valence-corrected chi connectivity index (χ1v) is 24.7. The third-order valence-corrected chi connectivity index (χ3v) is 15.6. The monoisotopic (exact) mass is 959 g/mol. The molecule has 9 atom stereocenters. The number of fused-ring (bicyclic) bond motifs is 8. The lowest BCUT2D eigenvalue weighted by Gasteiger charge is -2.53. The van der Waals surface area contributed by atoms with Gasteiger partial charge in [-0.15, -0.1) is 11.8 Å². The van der Waals surface area contributed by atoms with Crippen LogP contribution in [0.4, 0.5) is 0 Å². The number of amides is 1. The Kier molecular flexibility index (Phi) is 13.7. The summed E-state index contributed by atoms with van der Waals surface area (Å²) in [6.45, 7) is -0.247. The van der Waals surface area contributed by atoms with Gasteiger partial charge in [0.05, 0.1) is 10.9 Å². The molecule has 8 N–H and O–H groups in total. The van der Waals surface area contributed by atoms with Crippen LogP contribution in [-0.2, 0) is 19.1 Å². The van der Waals surface area contributed by atoms with Crippen molar-refractivity contribution in [2.45, 2.75) is 67.2 Å². The number of primary amides is 1. The predicted octanol–water partition coefficient (Wildman–Crippen LogP) is 6.10. The number of rotatable bonds is 8. The SMILES string of the molecule is NC(=O)c1oc2cc(OC3OC(C(=O)O)C(O)C4(C=O)OCSSCC(c5cc[nH]c5)C(C5CC#CCCC6C=CC(=CC5)c5ccccc56)CNCC34O)ccc2c(=O)c1-c1ccc(O)cc1. The molecule has 3 aromatic carbocycles. The maximum Gasteiger partial charge on any atom is 0.335 e. The number of aliphatic hydroxyl groups excluding tert-OH is 1. The van der Waals surface area contributed by atoms with Crippen LogP contribution in [0.5, 0.6) is 11.5 Å². The highest BCUT2D eigenvalue weighted by Gasteiger charge is 2.69. The number of aromatic hydroxyl groups is 1. The summed E-state index contributed by atoms with van der Waals surface area (Å²) in [5, 5.41) is 48.4. The summed E-state index contributed by atoms with van der Waals surface area (Å²) in [6, 6.07) is 20.0. The molecule has 5 aromatic rings. The molecule has 0 radical (unpaired) electrons. The van der Waals surface area contributed by atoms with Crippen LogP contribution in [0, 0.1) is 23.7 Å². The molecule has 2 fully saturated rings. The third kappa shape index (κ3) is 8.89. The average Bonchev–Trinajstić information content (AvgIpc) is 3.87. The zero-order valence-electron chi connectivity index (χ0n) is 36.5. The van der Waals surface area contributed by atoms with Crippen LogP contribution in [0.3, 0.4) is 0 Å². The Morgan fingerprint density at radius 1 is 1.04 bits per heavy atom. The topological polar surface area (TPSA) is 244 Å². The molecule has 17 heteroatoms. The lowest BCUT2D eigenvalue weighted by molar-refractivity contribution is -0.340. The zero-order valence-corrected chi connectivity index (χ0v) is 38.2. The Labute approximate surface area is 398 Å². The molecule has 2 aromatic heterocycles. The average molecular weight is 960 g/mol. The number of allylic oxidation sites excluding steroid dienone is 4. The van der Waals surface area contributed by atoms with E-state index in [1.54, 1.807) is 0 Å². The number of carbonyl (C=O) groups excluding carboxylic acids is 2. The quantitative estimate of drug-likeness (QED) is 0.0528. The first-order chi connectivity index (χ1) is 32.9. The van der Waals surface area contributed by atoms with Gasteiger partial charge in [-0.25, -0.2) is 4.79 Å². The number of β-amino-alcohol motifs (C(OH)–C–C–N with tert-alkyl or cyclic N) is 1. The number of benzene rings is 3. The largest absolute Gasteiger partial charge is 0.508 e. The molecule has 0 saturated carbocycles. The number of carbonyl (C=O) groups is 3. The van der Waals surface area contributed by atoms with Gasteiger partial charge in [0.25, 0.3) is 5.91 Å². The highest BCUT2D eigenvalue weighted by molar-refractivity contribution is 8.76. The third-order valence-electron chi connectivity index (χ3n) is 13.5. The van der Waals surface area contributed by atoms with Gasteiger partial charge in [-0.3, -0.25) is 14.4 Å². The van der Waals surface area contributed by atoms with Crippen molar-refractivity contribution in [1.29, 1.82) is 0 Å². The first-order valence-electron chi connectivity index (χ1n) is 22.2. The van der Waals surface area contributed by atoms with Crippen LogP contribution in [0.25, 0.3) is 27.7 Å². The number of aliphatic hydroxyl groups is 2. The maximum absolute atomic E-state index is 13.9. The van der Waals surface area contributed by atoms with Crippen molar-refractivity contribution < 1.29 is 53.4 Å². The summed E-state index contributed by atoms with van der Waals surface area (Å²) in [5.74, 6) is 3.97. The molecule has 2 saturated heterocycles. The Morgan fingerprint density at radius 3 is 2.63 bits per heavy atom. The van der Waals surface area contributed by atoms with Crippen molar-refractivity contribution in [1.82, 2.24) is 10.3 Å². The van der Waals surface area contributed by atoms with Crippen LogP contribution in [-0.4, -0.2) is 98.1 Å². The van der Waals surface area contributed by atoms with Gasteiger partial charge in [0.15, 0.2) is 23.6 Å². The molecule has 352 valence electrons. The fourth-order valence-electron chi connectivity index (χ4n) is 9.89. The number of phenols is 1. The van der Waals surface area contributed by atoms with E-state index in [-0.39, 0.29) is 76.0 Å². The number of nitrogens with one attached hydrogen (secondary N) is 2. The van der Waals surface area contributed by atoms with E-state index in [2.05, 4.69) is 64.6 Å². The van der Waals surface area contributed by atoms with Gasteiger partial charge >= 0.3 is 5.97 Å². The molecule has 9 unspecified atom stereocenters. The first kappa shape index (κ1) is 47.0. The minimum absolute atomic E-state index is 0.00305. The van der Waals surface area contributed by atoms with E-state index >= 15 is 0 Å². The van der Waals surface area contributed by atoms with Crippen molar-refractivity contribution in [3.05, 3.63) is 136 Å². The molecule has 0 spiro atoms. The summed E-state index contributed by atoms with van der Waals surface area (Å²) >= 11 is 0. The van der Waals surface area contributed by atoms with E-state index < -0.39 is 59.3 Å². The number of carboxylic acid groups (broad SMARTS) is 1. The summed E-state index contributed by atoms with van der Waals surface area (Å²) in [6.07, 6.45) is 7.32. The standard InChI is InChI=1S/C51H49N3O12S2/c52-47(59)44-42(32-14-16-34(56)17-15-32)43(57)38-19-18-35(22-41(38)65-44)64-49-50(62)26-54-24-39(30-7-3-1-2-6-29-10-12-31(13-11-30)37-9-5-4-8-36(29)37)40(33-20-21-53-23-33)25-67-68-28-63-51(50,27-55)46(58)45(66-49)48(60)61/h4-5,8-10,12-23,27,29-30,39-40,45-46,49,53-54,56,58,62H,2,6-7,11,24-26,28H2,(H2,52,59)(H,60,61). The number of aliphatic carboxylic acids is 1. The van der Waals surface area contributed by atoms with Crippen molar-refractivity contribution in [2.24, 2.45) is 17.6 Å². The van der Waals surface area contributed by atoms with Gasteiger partial charge in [-0.1, -0.05) is 76.2 Å². The minimum Gasteiger partial charge on any atom is -0.508 e. The molecule has 2 aliphatic heterocycles. The molecule has 4 heterocycles. The van der Waals surface area contributed by atoms with Gasteiger partial charge in [0.1, 0.15) is 29.1 Å². The molecule has 2 bridgehead atoms. The van der Waals surface area contributed by atoms with E-state index in [9.17, 15) is 39.6 Å². The fourth-order valence-corrected chi connectivity index (χ4v) is 12.0. The number of nitrogens with two attached hydrogens (primary N) is 1. The van der Waals surface area contributed by atoms with Gasteiger partial charge < -0.3 is 55.1 Å². The summed E-state index contributed by atoms with van der Waals surface area (Å²) in [5.41, 5.74) is 4.45. The number of hydrogen-bond acceptors (Lipinski definition) is 14. The van der Waals surface area contributed by atoms with Crippen molar-refractivity contribution in [3.63, 3.8) is 0 Å². The van der Waals surface area contributed by atoms with Gasteiger partial charge in [-0.05, 0) is 95.3 Å². The number of H-pyrrole nitrogens is 1. The normalized spacial score (nSPS) is 28.7. The van der Waals surface area contributed by atoms with E-state index in [0.29, 0.717) is 18.6 Å². The van der Waals surface area contributed by atoms with E-state index in [1.165, 1.54) is 75.2 Å². The number of aromatic nitrogens is 1. The second-order valence-electron chi connectivity index (χ2n) is 17.3. The molecule has 10 rings (SSSR count). The fraction of sp³-hybridized carbons (Fsp3) is 0.333. The molecular weight excluding hydrogens is 911 g/mol. The van der Waals surface area contributed by atoms with Crippen LogP contribution >= 0.6 is 21.6 Å². The van der Waals surface area contributed by atoms with Crippen molar-refractivity contribution in [3.8, 4) is 34.5 Å². The van der Waals surface area contributed by atoms with E-state index in [0.717, 1.165) is 24.0 Å². The van der Waals surface area contributed by atoms with Gasteiger partial charge in [0, 0.05) is 49.5 Å². The Morgan fingerprint density at radius 2 is 1.87 bits per heavy atom. The van der Waals surface area contributed by atoms with E-state index in [1.807, 2.05) is 18.5 Å². The van der Waals surface area contributed by atoms with Crippen LogP contribution in [0.2, 0.25) is 0 Å². The van der Waals surface area contributed by atoms with Crippen molar-refractivity contribution in [2.75, 3.05) is 24.8 Å². The lowest BCUT2D eigenvalue weighted by Crippen LogP contribution is -2.80. The zero-order chi connectivity index (χ0) is 47.6. The molecule has 5 aliphatic rings. The summed E-state index contributed by atoms with van der Waals surface area (Å²) in [4.78, 5) is 56.1. The van der Waals surface area contributed by atoms with Crippen LogP contribution in [0.1, 0.15) is 64.8 Å². The number of ether oxygens (including phenoxy) is 3. The van der Waals surface area contributed by atoms with E-state index in [4.69, 9.17) is 24.4 Å². The smallest absolute Gasteiger partial charge is 0.335 e. The van der Waals surface area contributed by atoms with Gasteiger partial charge in [0.2, 0.25) is 17.5 Å². The Hall–Kier alpha value is -6.10. The van der Waals surface area contributed by atoms with Crippen molar-refractivity contribution >= 4 is 56.3 Å². The number of phenolic OH excluding ortho intramolecular Hbond substituents is 1. The number of aromatic amines is 1. The summed E-state index contributed by atoms with van der Waals surface area (Å²) < 4.78 is 24.2. The number of carboxylic acids is 1. The predicted molar refractivity (Wildman–Crippen MR) is 257 cm³/mol. The lowest BCUT2D eigenvalue weighted by atomic mass is 9.73. The molecular formula is C51H49N3O12S2. The van der Waals surface area contributed by atoms with Crippen LogP contribution in [0.15, 0.2) is 113 Å². The number of aldehydes is 1. The highest BCUT2D eigenvalue weighted by atomic mass is 33.1. The minimum atomic E-state index is -2.63. The second kappa shape index (κ2) is 19.9. The highest BCUT2D eigenvalue weighted by Crippen LogP contribution is 2.46. The Balaban J connectivity index is 1.09. The number of hydrogen-bond donors (Lipinski definition) is 7.